The van der Waals surface area contributed by atoms with Crippen LogP contribution in [0.3, 0.4) is 0 Å². The van der Waals surface area contributed by atoms with Gasteiger partial charge in [-0.2, -0.15) is 0 Å². The first-order valence-electron chi connectivity index (χ1n) is 5.13. The van der Waals surface area contributed by atoms with E-state index in [4.69, 9.17) is 16.5 Å². The molecule has 15 heavy (non-hydrogen) atoms. The van der Waals surface area contributed by atoms with Crippen molar-refractivity contribution in [2.75, 3.05) is 6.54 Å². The average molecular weight is 232 g/mol. The molecule has 1 heterocycles. The lowest BCUT2D eigenvalue weighted by molar-refractivity contribution is -0.147. The number of esters is 1. The smallest absolute Gasteiger partial charge is 0.333 e. The van der Waals surface area contributed by atoms with Crippen molar-refractivity contribution < 1.29 is 9.53 Å². The molecule has 3 nitrogen and oxygen atoms in total. The first kappa shape index (κ1) is 12.5. The summed E-state index contributed by atoms with van der Waals surface area (Å²) in [5.74, 6) is -0.307. The minimum absolute atomic E-state index is 0.0424. The zero-order chi connectivity index (χ0) is 11.6. The summed E-state index contributed by atoms with van der Waals surface area (Å²) in [6, 6.07) is 0. The summed E-state index contributed by atoms with van der Waals surface area (Å²) in [5.41, 5.74) is 0.320. The van der Waals surface area contributed by atoms with Crippen LogP contribution >= 0.6 is 11.8 Å². The van der Waals surface area contributed by atoms with E-state index in [1.54, 1.807) is 11.3 Å². The normalized spacial score (nSPS) is 26.0. The Hall–Kier alpha value is -0.540. The highest BCUT2D eigenvalue weighted by atomic mass is 35.5. The van der Waals surface area contributed by atoms with Gasteiger partial charge in [-0.3, -0.25) is 0 Å². The summed E-state index contributed by atoms with van der Waals surface area (Å²) in [6.45, 7) is 10.0. The van der Waals surface area contributed by atoms with E-state index in [-0.39, 0.29) is 17.6 Å². The molecule has 1 rings (SSSR count). The number of piperidine rings is 1. The number of ether oxygens (including phenoxy) is 1. The minimum Gasteiger partial charge on any atom is -0.459 e. The molecule has 0 aromatic rings. The molecule has 0 amide bonds. The standard InChI is InChI=1S/C11H18ClNO2/c1-8(2)10(14)15-9-5-6-13(12)11(3,4)7-9/h9H,1,5-7H2,2-4H3. The molecule has 0 aromatic heterocycles. The second-order valence-electron chi connectivity index (χ2n) is 4.70. The largest absolute Gasteiger partial charge is 0.459 e. The number of carbonyl (C=O) groups is 1. The summed E-state index contributed by atoms with van der Waals surface area (Å²) in [5, 5.41) is 0. The molecule has 0 N–H and O–H groups in total. The molecule has 1 aliphatic rings. The molecule has 1 saturated heterocycles. The van der Waals surface area contributed by atoms with Gasteiger partial charge in [-0.1, -0.05) is 6.58 Å². The van der Waals surface area contributed by atoms with Crippen LogP contribution in [0.4, 0.5) is 0 Å². The van der Waals surface area contributed by atoms with Crippen LogP contribution in [-0.4, -0.2) is 28.6 Å². The molecular weight excluding hydrogens is 214 g/mol. The van der Waals surface area contributed by atoms with E-state index in [9.17, 15) is 4.79 Å². The summed E-state index contributed by atoms with van der Waals surface area (Å²) in [6.07, 6.45) is 1.50. The first-order chi connectivity index (χ1) is 6.83. The Morgan fingerprint density at radius 3 is 2.67 bits per heavy atom. The minimum atomic E-state index is -0.307. The lowest BCUT2D eigenvalue weighted by atomic mass is 9.91. The first-order valence-corrected chi connectivity index (χ1v) is 5.46. The monoisotopic (exact) mass is 231 g/mol. The van der Waals surface area contributed by atoms with Gasteiger partial charge in [-0.25, -0.2) is 9.21 Å². The number of hydrogen-bond acceptors (Lipinski definition) is 3. The summed E-state index contributed by atoms with van der Waals surface area (Å²) < 4.78 is 7.09. The molecule has 0 aromatic carbocycles. The van der Waals surface area contributed by atoms with Gasteiger partial charge in [-0.05, 0) is 39.0 Å². The fourth-order valence-corrected chi connectivity index (χ4v) is 1.84. The van der Waals surface area contributed by atoms with Crippen molar-refractivity contribution in [3.63, 3.8) is 0 Å². The topological polar surface area (TPSA) is 29.5 Å². The zero-order valence-electron chi connectivity index (χ0n) is 9.55. The molecule has 0 aliphatic carbocycles. The van der Waals surface area contributed by atoms with Crippen molar-refractivity contribution in [1.82, 2.24) is 4.42 Å². The molecule has 0 radical (unpaired) electrons. The SMILES string of the molecule is C=C(C)C(=O)OC1CCN(Cl)C(C)(C)C1. The van der Waals surface area contributed by atoms with Gasteiger partial charge in [-0.15, -0.1) is 0 Å². The van der Waals surface area contributed by atoms with Crippen molar-refractivity contribution in [2.45, 2.75) is 45.3 Å². The Kier molecular flexibility index (Phi) is 3.79. The van der Waals surface area contributed by atoms with Crippen LogP contribution in [0.25, 0.3) is 0 Å². The van der Waals surface area contributed by atoms with Gasteiger partial charge >= 0.3 is 5.97 Å². The van der Waals surface area contributed by atoms with Gasteiger partial charge in [0.2, 0.25) is 0 Å². The fraction of sp³-hybridized carbons (Fsp3) is 0.727. The highest BCUT2D eigenvalue weighted by molar-refractivity contribution is 6.13. The molecule has 1 fully saturated rings. The van der Waals surface area contributed by atoms with Crippen molar-refractivity contribution in [1.29, 1.82) is 0 Å². The number of rotatable bonds is 2. The van der Waals surface area contributed by atoms with Gasteiger partial charge in [0, 0.05) is 24.1 Å². The second-order valence-corrected chi connectivity index (χ2v) is 5.11. The molecule has 86 valence electrons. The van der Waals surface area contributed by atoms with Crippen LogP contribution in [-0.2, 0) is 9.53 Å². The highest BCUT2D eigenvalue weighted by Gasteiger charge is 2.35. The molecule has 4 heteroatoms. The Morgan fingerprint density at radius 1 is 1.60 bits per heavy atom. The van der Waals surface area contributed by atoms with E-state index in [0.29, 0.717) is 5.57 Å². The van der Waals surface area contributed by atoms with Gasteiger partial charge in [0.15, 0.2) is 0 Å². The van der Waals surface area contributed by atoms with Crippen LogP contribution < -0.4 is 0 Å². The predicted molar refractivity (Wildman–Crippen MR) is 60.6 cm³/mol. The van der Waals surface area contributed by atoms with Gasteiger partial charge in [0.1, 0.15) is 6.10 Å². The van der Waals surface area contributed by atoms with Gasteiger partial charge < -0.3 is 4.74 Å². The van der Waals surface area contributed by atoms with Crippen LogP contribution in [0.2, 0.25) is 0 Å². The van der Waals surface area contributed by atoms with E-state index < -0.39 is 0 Å². The number of carbonyl (C=O) groups excluding carboxylic acids is 1. The second kappa shape index (κ2) is 4.54. The Balaban J connectivity index is 2.53. The third-order valence-corrected chi connectivity index (χ3v) is 3.28. The molecular formula is C11H18ClNO2. The van der Waals surface area contributed by atoms with Crippen LogP contribution in [0.1, 0.15) is 33.6 Å². The summed E-state index contributed by atoms with van der Waals surface area (Å²) in [7, 11) is 0. The van der Waals surface area contributed by atoms with Crippen molar-refractivity contribution >= 4 is 17.7 Å². The van der Waals surface area contributed by atoms with Crippen molar-refractivity contribution in [2.24, 2.45) is 0 Å². The van der Waals surface area contributed by atoms with Crippen molar-refractivity contribution in [3.8, 4) is 0 Å². The Labute approximate surface area is 96.1 Å². The third kappa shape index (κ3) is 3.21. The molecule has 0 saturated carbocycles. The zero-order valence-corrected chi connectivity index (χ0v) is 10.3. The number of nitrogens with zero attached hydrogens (tertiary/aromatic N) is 1. The van der Waals surface area contributed by atoms with E-state index in [1.807, 2.05) is 13.8 Å². The molecule has 1 aliphatic heterocycles. The molecule has 1 atom stereocenters. The van der Waals surface area contributed by atoms with E-state index >= 15 is 0 Å². The Morgan fingerprint density at radius 2 is 2.20 bits per heavy atom. The quantitative estimate of drug-likeness (QED) is 0.416. The fourth-order valence-electron chi connectivity index (χ4n) is 1.67. The lowest BCUT2D eigenvalue weighted by Crippen LogP contribution is -2.47. The average Bonchev–Trinajstić information content (AvgIpc) is 2.10. The highest BCUT2D eigenvalue weighted by Crippen LogP contribution is 2.30. The third-order valence-electron chi connectivity index (χ3n) is 2.65. The molecule has 1 unspecified atom stereocenters. The molecule has 0 bridgehead atoms. The van der Waals surface area contributed by atoms with Gasteiger partial charge in [0.25, 0.3) is 0 Å². The maximum atomic E-state index is 11.3. The van der Waals surface area contributed by atoms with E-state index in [2.05, 4.69) is 6.58 Å². The van der Waals surface area contributed by atoms with Crippen molar-refractivity contribution in [3.05, 3.63) is 12.2 Å². The van der Waals surface area contributed by atoms with E-state index in [1.165, 1.54) is 0 Å². The maximum absolute atomic E-state index is 11.3. The predicted octanol–water partition coefficient (Wildman–Crippen LogP) is 2.50. The van der Waals surface area contributed by atoms with Crippen LogP contribution in [0.5, 0.6) is 0 Å². The molecule has 0 spiro atoms. The van der Waals surface area contributed by atoms with Crippen LogP contribution in [0, 0.1) is 0 Å². The Bertz CT molecular complexity index is 276. The number of halogens is 1. The number of hydrogen-bond donors (Lipinski definition) is 0. The summed E-state index contributed by atoms with van der Waals surface area (Å²) in [4.78, 5) is 11.3. The lowest BCUT2D eigenvalue weighted by Gasteiger charge is -2.40. The maximum Gasteiger partial charge on any atom is 0.333 e. The van der Waals surface area contributed by atoms with Crippen LogP contribution in [0.15, 0.2) is 12.2 Å². The van der Waals surface area contributed by atoms with Gasteiger partial charge in [0.05, 0.1) is 0 Å². The van der Waals surface area contributed by atoms with E-state index in [0.717, 1.165) is 19.4 Å². The summed E-state index contributed by atoms with van der Waals surface area (Å²) >= 11 is 6.05.